The highest BCUT2D eigenvalue weighted by molar-refractivity contribution is 5.87. The largest absolute Gasteiger partial charge is 0.461 e. The maximum atomic E-state index is 12.2. The van der Waals surface area contributed by atoms with E-state index in [0.717, 1.165) is 5.56 Å². The highest BCUT2D eigenvalue weighted by atomic mass is 16.6. The molecule has 7 heteroatoms. The summed E-state index contributed by atoms with van der Waals surface area (Å²) in [7, 11) is 0. The molecule has 168 valence electrons. The van der Waals surface area contributed by atoms with Crippen LogP contribution in [0.3, 0.4) is 0 Å². The molecule has 2 aromatic rings. The minimum Gasteiger partial charge on any atom is -0.461 e. The van der Waals surface area contributed by atoms with E-state index in [4.69, 9.17) is 18.9 Å². The van der Waals surface area contributed by atoms with Gasteiger partial charge < -0.3 is 18.9 Å². The summed E-state index contributed by atoms with van der Waals surface area (Å²) in [5.41, 5.74) is 1.25. The Kier molecular flexibility index (Phi) is 7.43. The van der Waals surface area contributed by atoms with Crippen LogP contribution in [0.5, 0.6) is 5.75 Å². The number of hydrogen-bond donors (Lipinski definition) is 0. The van der Waals surface area contributed by atoms with Crippen molar-refractivity contribution in [2.45, 2.75) is 33.0 Å². The van der Waals surface area contributed by atoms with Crippen molar-refractivity contribution in [3.05, 3.63) is 71.3 Å². The topological polar surface area (TPSA) is 91.4 Å². The first-order chi connectivity index (χ1) is 15.3. The fraction of sp³-hybridized carbons (Fsp3) is 0.320. The number of ether oxygens (including phenoxy) is 4. The van der Waals surface area contributed by atoms with Crippen molar-refractivity contribution >= 4 is 24.0 Å². The molecule has 1 heterocycles. The molecule has 0 aliphatic carbocycles. The normalized spacial score (nSPS) is 17.2. The summed E-state index contributed by atoms with van der Waals surface area (Å²) in [4.78, 5) is 35.5. The Labute approximate surface area is 186 Å². The van der Waals surface area contributed by atoms with Gasteiger partial charge in [-0.15, -0.1) is 0 Å². The molecule has 0 aromatic heterocycles. The summed E-state index contributed by atoms with van der Waals surface area (Å²) in [6.45, 7) is 5.12. The lowest BCUT2D eigenvalue weighted by atomic mass is 9.98. The van der Waals surface area contributed by atoms with Gasteiger partial charge in [0.1, 0.15) is 19.0 Å². The van der Waals surface area contributed by atoms with Gasteiger partial charge in [-0.3, -0.25) is 9.59 Å². The number of esters is 3. The molecule has 1 fully saturated rings. The van der Waals surface area contributed by atoms with Crippen molar-refractivity contribution in [1.29, 1.82) is 0 Å². The number of epoxide rings is 1. The molecule has 32 heavy (non-hydrogen) atoms. The average molecular weight is 438 g/mol. The van der Waals surface area contributed by atoms with Gasteiger partial charge in [-0.05, 0) is 23.3 Å². The number of carbonyl (C=O) groups is 3. The predicted molar refractivity (Wildman–Crippen MR) is 116 cm³/mol. The van der Waals surface area contributed by atoms with E-state index >= 15 is 0 Å². The van der Waals surface area contributed by atoms with Crippen LogP contribution in [0.15, 0.2) is 54.6 Å². The van der Waals surface area contributed by atoms with Gasteiger partial charge >= 0.3 is 17.9 Å². The van der Waals surface area contributed by atoms with E-state index in [2.05, 4.69) is 0 Å². The van der Waals surface area contributed by atoms with Gasteiger partial charge in [-0.2, -0.15) is 0 Å². The van der Waals surface area contributed by atoms with Gasteiger partial charge in [0.25, 0.3) is 0 Å². The van der Waals surface area contributed by atoms with E-state index in [1.807, 2.05) is 30.3 Å². The number of benzene rings is 2. The summed E-state index contributed by atoms with van der Waals surface area (Å²) in [5.74, 6) is -1.36. The third kappa shape index (κ3) is 6.28. The molecule has 1 unspecified atom stereocenters. The zero-order valence-electron chi connectivity index (χ0n) is 18.3. The second kappa shape index (κ2) is 10.2. The lowest BCUT2D eigenvalue weighted by molar-refractivity contribution is -0.142. The van der Waals surface area contributed by atoms with Gasteiger partial charge in [-0.25, -0.2) is 4.79 Å². The Morgan fingerprint density at radius 2 is 1.81 bits per heavy atom. The van der Waals surface area contributed by atoms with Crippen LogP contribution >= 0.6 is 0 Å². The van der Waals surface area contributed by atoms with Crippen LogP contribution in [0.4, 0.5) is 0 Å². The van der Waals surface area contributed by atoms with Crippen molar-refractivity contribution in [3.8, 4) is 5.75 Å². The molecule has 0 amide bonds. The summed E-state index contributed by atoms with van der Waals surface area (Å²) in [6, 6.07) is 14.5. The SMILES string of the molecule is CC(=O)OCc1ccc(C2(COC(=O)C=Cc3ccccc3)CO2)c(OC(=O)C(C)C)c1. The summed E-state index contributed by atoms with van der Waals surface area (Å²) in [5, 5.41) is 0. The Hall–Kier alpha value is -3.45. The fourth-order valence-electron chi connectivity index (χ4n) is 2.90. The molecule has 2 aromatic carbocycles. The number of rotatable bonds is 9. The maximum Gasteiger partial charge on any atom is 0.330 e. The van der Waals surface area contributed by atoms with Gasteiger partial charge in [0, 0.05) is 18.6 Å². The van der Waals surface area contributed by atoms with Crippen molar-refractivity contribution in [2.24, 2.45) is 5.92 Å². The summed E-state index contributed by atoms with van der Waals surface area (Å²) < 4.78 is 21.6. The second-order valence-corrected chi connectivity index (χ2v) is 7.82. The van der Waals surface area contributed by atoms with Crippen LogP contribution < -0.4 is 4.74 Å². The zero-order chi connectivity index (χ0) is 23.1. The summed E-state index contributed by atoms with van der Waals surface area (Å²) in [6.07, 6.45) is 3.02. The van der Waals surface area contributed by atoms with Crippen molar-refractivity contribution < 1.29 is 33.3 Å². The van der Waals surface area contributed by atoms with Gasteiger partial charge in [0.15, 0.2) is 5.60 Å². The minimum absolute atomic E-state index is 0.0273. The predicted octanol–water partition coefficient (Wildman–Crippen LogP) is 3.79. The lowest BCUT2D eigenvalue weighted by Crippen LogP contribution is -2.23. The quantitative estimate of drug-likeness (QED) is 0.255. The molecule has 1 aliphatic rings. The highest BCUT2D eigenvalue weighted by Crippen LogP contribution is 2.44. The Bertz CT molecular complexity index is 1000. The van der Waals surface area contributed by atoms with Crippen LogP contribution in [0.2, 0.25) is 0 Å². The molecular formula is C25H26O7. The molecule has 0 N–H and O–H groups in total. The summed E-state index contributed by atoms with van der Waals surface area (Å²) >= 11 is 0. The Balaban J connectivity index is 1.73. The first-order valence-electron chi connectivity index (χ1n) is 10.3. The van der Waals surface area contributed by atoms with E-state index < -0.39 is 23.5 Å². The van der Waals surface area contributed by atoms with Gasteiger partial charge in [0.2, 0.25) is 0 Å². The standard InChI is InChI=1S/C25H26O7/c1-17(2)24(28)32-22-13-20(14-29-18(3)26)9-11-21(22)25(16-31-25)15-30-23(27)12-10-19-7-5-4-6-8-19/h4-13,17H,14-16H2,1-3H3. The molecule has 3 rings (SSSR count). The van der Waals surface area contributed by atoms with Crippen LogP contribution in [0, 0.1) is 5.92 Å². The van der Waals surface area contributed by atoms with E-state index in [9.17, 15) is 14.4 Å². The van der Waals surface area contributed by atoms with Crippen molar-refractivity contribution in [1.82, 2.24) is 0 Å². The van der Waals surface area contributed by atoms with E-state index in [1.54, 1.807) is 38.1 Å². The monoisotopic (exact) mass is 438 g/mol. The Morgan fingerprint density at radius 1 is 1.09 bits per heavy atom. The molecule has 0 radical (unpaired) electrons. The van der Waals surface area contributed by atoms with E-state index in [-0.39, 0.29) is 19.1 Å². The first kappa shape index (κ1) is 23.2. The molecule has 0 bridgehead atoms. The second-order valence-electron chi connectivity index (χ2n) is 7.82. The fourth-order valence-corrected chi connectivity index (χ4v) is 2.90. The molecule has 0 saturated carbocycles. The molecular weight excluding hydrogens is 412 g/mol. The van der Waals surface area contributed by atoms with Gasteiger partial charge in [-0.1, -0.05) is 56.3 Å². The van der Waals surface area contributed by atoms with E-state index in [0.29, 0.717) is 23.5 Å². The average Bonchev–Trinajstić information content (AvgIpc) is 3.56. The molecule has 1 atom stereocenters. The number of hydrogen-bond acceptors (Lipinski definition) is 7. The molecule has 1 aliphatic heterocycles. The third-order valence-corrected chi connectivity index (χ3v) is 4.81. The van der Waals surface area contributed by atoms with Crippen molar-refractivity contribution in [3.63, 3.8) is 0 Å². The molecule has 7 nitrogen and oxygen atoms in total. The maximum absolute atomic E-state index is 12.2. The highest BCUT2D eigenvalue weighted by Gasteiger charge is 2.50. The van der Waals surface area contributed by atoms with Crippen molar-refractivity contribution in [2.75, 3.05) is 13.2 Å². The van der Waals surface area contributed by atoms with Crippen LogP contribution in [-0.2, 0) is 40.8 Å². The van der Waals surface area contributed by atoms with Gasteiger partial charge in [0.05, 0.1) is 12.5 Å². The third-order valence-electron chi connectivity index (χ3n) is 4.81. The van der Waals surface area contributed by atoms with Crippen LogP contribution in [-0.4, -0.2) is 31.1 Å². The first-order valence-corrected chi connectivity index (χ1v) is 10.3. The Morgan fingerprint density at radius 3 is 2.44 bits per heavy atom. The lowest BCUT2D eigenvalue weighted by Gasteiger charge is -2.18. The smallest absolute Gasteiger partial charge is 0.330 e. The minimum atomic E-state index is -0.886. The zero-order valence-corrected chi connectivity index (χ0v) is 18.3. The number of carbonyl (C=O) groups excluding carboxylic acids is 3. The molecule has 0 spiro atoms. The van der Waals surface area contributed by atoms with Crippen LogP contribution in [0.25, 0.3) is 6.08 Å². The van der Waals surface area contributed by atoms with E-state index in [1.165, 1.54) is 13.0 Å². The molecule has 1 saturated heterocycles. The van der Waals surface area contributed by atoms with Crippen LogP contribution in [0.1, 0.15) is 37.5 Å².